The van der Waals surface area contributed by atoms with Crippen LogP contribution in [0.3, 0.4) is 0 Å². The van der Waals surface area contributed by atoms with Crippen LogP contribution < -0.4 is 0 Å². The molecule has 0 rings (SSSR count). The second-order valence-electron chi connectivity index (χ2n) is 3.62. The number of allylic oxidation sites excluding steroid dienone is 1. The molecule has 0 fully saturated rings. The molecule has 0 spiro atoms. The van der Waals surface area contributed by atoms with E-state index in [1.54, 1.807) is 6.08 Å². The van der Waals surface area contributed by atoms with Gasteiger partial charge in [-0.05, 0) is 12.5 Å². The summed E-state index contributed by atoms with van der Waals surface area (Å²) in [6.45, 7) is 5.88. The molecule has 12 heavy (non-hydrogen) atoms. The van der Waals surface area contributed by atoms with E-state index in [9.17, 15) is 9.90 Å². The molecule has 0 saturated heterocycles. The molecule has 0 aliphatic carbocycles. The van der Waals surface area contributed by atoms with Crippen molar-refractivity contribution in [3.63, 3.8) is 0 Å². The van der Waals surface area contributed by atoms with E-state index in [2.05, 4.69) is 0 Å². The van der Waals surface area contributed by atoms with Crippen LogP contribution in [-0.2, 0) is 4.79 Å². The van der Waals surface area contributed by atoms with Crippen molar-refractivity contribution in [2.24, 2.45) is 5.41 Å². The third-order valence-corrected chi connectivity index (χ3v) is 2.03. The smallest absolute Gasteiger partial charge is 0.142 e. The number of hydrogen-bond donors (Lipinski definition) is 1. The van der Waals surface area contributed by atoms with E-state index in [0.29, 0.717) is 0 Å². The number of rotatable bonds is 5. The summed E-state index contributed by atoms with van der Waals surface area (Å²) in [4.78, 5) is 10.1. The van der Waals surface area contributed by atoms with Gasteiger partial charge in [-0.25, -0.2) is 0 Å². The maximum Gasteiger partial charge on any atom is 0.142 e. The fraction of sp³-hybridized carbons (Fsp3) is 0.700. The minimum Gasteiger partial charge on any atom is -0.392 e. The van der Waals surface area contributed by atoms with Crippen LogP contribution in [0.1, 0.15) is 33.6 Å². The molecule has 1 N–H and O–H groups in total. The highest BCUT2D eigenvalue weighted by Gasteiger charge is 2.23. The Morgan fingerprint density at radius 1 is 1.50 bits per heavy atom. The number of carbonyl (C=O) groups is 1. The van der Waals surface area contributed by atoms with E-state index in [-0.39, 0.29) is 11.5 Å². The monoisotopic (exact) mass is 170 g/mol. The quantitative estimate of drug-likeness (QED) is 0.505. The van der Waals surface area contributed by atoms with Crippen molar-refractivity contribution in [2.75, 3.05) is 0 Å². The molecule has 0 amide bonds. The van der Waals surface area contributed by atoms with Crippen molar-refractivity contribution >= 4 is 6.29 Å². The van der Waals surface area contributed by atoms with Crippen LogP contribution in [0.15, 0.2) is 12.2 Å². The van der Waals surface area contributed by atoms with Crippen LogP contribution >= 0.6 is 0 Å². The van der Waals surface area contributed by atoms with Gasteiger partial charge in [0.25, 0.3) is 0 Å². The van der Waals surface area contributed by atoms with Gasteiger partial charge in [0.2, 0.25) is 0 Å². The van der Waals surface area contributed by atoms with E-state index in [4.69, 9.17) is 0 Å². The molecule has 0 aliphatic rings. The van der Waals surface area contributed by atoms with Crippen molar-refractivity contribution < 1.29 is 9.90 Å². The van der Waals surface area contributed by atoms with E-state index >= 15 is 0 Å². The first-order valence-electron chi connectivity index (χ1n) is 4.35. The highest BCUT2D eigenvalue weighted by Crippen LogP contribution is 2.25. The standard InChI is InChI=1S/C10H18O2/c1-4-6-9(12)10(2,3)7-5-8-11/h5,7-9,12H,4,6H2,1-3H3. The summed E-state index contributed by atoms with van der Waals surface area (Å²) in [5, 5.41) is 9.64. The van der Waals surface area contributed by atoms with E-state index in [0.717, 1.165) is 19.1 Å². The average molecular weight is 170 g/mol. The Morgan fingerprint density at radius 2 is 2.08 bits per heavy atom. The van der Waals surface area contributed by atoms with Gasteiger partial charge in [-0.3, -0.25) is 4.79 Å². The van der Waals surface area contributed by atoms with Crippen LogP contribution in [0.2, 0.25) is 0 Å². The molecule has 0 aromatic carbocycles. The van der Waals surface area contributed by atoms with E-state index < -0.39 is 0 Å². The third kappa shape index (κ3) is 3.67. The molecule has 0 aromatic rings. The zero-order valence-corrected chi connectivity index (χ0v) is 8.08. The molecule has 0 bridgehead atoms. The molecular weight excluding hydrogens is 152 g/mol. The molecule has 0 heterocycles. The predicted molar refractivity (Wildman–Crippen MR) is 49.9 cm³/mol. The molecule has 1 atom stereocenters. The van der Waals surface area contributed by atoms with Crippen molar-refractivity contribution in [3.8, 4) is 0 Å². The molecule has 0 aromatic heterocycles. The van der Waals surface area contributed by atoms with Crippen molar-refractivity contribution in [1.29, 1.82) is 0 Å². The third-order valence-electron chi connectivity index (χ3n) is 2.03. The topological polar surface area (TPSA) is 37.3 Å². The molecule has 0 saturated carbocycles. The predicted octanol–water partition coefficient (Wildman–Crippen LogP) is 1.93. The molecule has 2 nitrogen and oxygen atoms in total. The molecule has 2 heteroatoms. The fourth-order valence-corrected chi connectivity index (χ4v) is 1.04. The Hall–Kier alpha value is -0.630. The number of aliphatic hydroxyl groups excluding tert-OH is 1. The average Bonchev–Trinajstić information content (AvgIpc) is 2.01. The number of hydrogen-bond acceptors (Lipinski definition) is 2. The maximum atomic E-state index is 10.1. The number of carbonyl (C=O) groups excluding carboxylic acids is 1. The summed E-state index contributed by atoms with van der Waals surface area (Å²) in [6.07, 6.45) is 5.30. The van der Waals surface area contributed by atoms with Crippen LogP contribution in [0.5, 0.6) is 0 Å². The van der Waals surface area contributed by atoms with Crippen LogP contribution in [-0.4, -0.2) is 17.5 Å². The van der Waals surface area contributed by atoms with Crippen molar-refractivity contribution in [2.45, 2.75) is 39.7 Å². The summed E-state index contributed by atoms with van der Waals surface area (Å²) in [6, 6.07) is 0. The molecule has 0 aliphatic heterocycles. The highest BCUT2D eigenvalue weighted by molar-refractivity contribution is 5.64. The molecule has 70 valence electrons. The van der Waals surface area contributed by atoms with E-state index in [1.807, 2.05) is 20.8 Å². The lowest BCUT2D eigenvalue weighted by molar-refractivity contribution is -0.104. The second-order valence-corrected chi connectivity index (χ2v) is 3.62. The van der Waals surface area contributed by atoms with Gasteiger partial charge in [0, 0.05) is 5.41 Å². The fourth-order valence-electron chi connectivity index (χ4n) is 1.04. The summed E-state index contributed by atoms with van der Waals surface area (Å²) in [7, 11) is 0. The first kappa shape index (κ1) is 11.4. The minimum atomic E-state index is -0.362. The van der Waals surface area contributed by atoms with E-state index in [1.165, 1.54) is 6.08 Å². The Labute approximate surface area is 74.3 Å². The molecule has 0 radical (unpaired) electrons. The summed E-state index contributed by atoms with van der Waals surface area (Å²) in [5.41, 5.74) is -0.295. The minimum absolute atomic E-state index is 0.295. The SMILES string of the molecule is CCCC(O)C(C)(C)C=CC=O. The van der Waals surface area contributed by atoms with Crippen LogP contribution in [0, 0.1) is 5.41 Å². The zero-order valence-electron chi connectivity index (χ0n) is 8.08. The summed E-state index contributed by atoms with van der Waals surface area (Å²) in [5.74, 6) is 0. The Kier molecular flexibility index (Phi) is 4.83. The normalized spacial score (nSPS) is 15.0. The lowest BCUT2D eigenvalue weighted by Gasteiger charge is -2.26. The van der Waals surface area contributed by atoms with Gasteiger partial charge in [0.1, 0.15) is 6.29 Å². The van der Waals surface area contributed by atoms with Gasteiger partial charge in [0.15, 0.2) is 0 Å². The van der Waals surface area contributed by atoms with Gasteiger partial charge in [-0.1, -0.05) is 33.3 Å². The summed E-state index contributed by atoms with van der Waals surface area (Å²) < 4.78 is 0. The lowest BCUT2D eigenvalue weighted by Crippen LogP contribution is -2.26. The first-order valence-corrected chi connectivity index (χ1v) is 4.35. The van der Waals surface area contributed by atoms with Crippen molar-refractivity contribution in [3.05, 3.63) is 12.2 Å². The molecular formula is C10H18O2. The Morgan fingerprint density at radius 3 is 2.50 bits per heavy atom. The molecule has 1 unspecified atom stereocenters. The highest BCUT2D eigenvalue weighted by atomic mass is 16.3. The lowest BCUT2D eigenvalue weighted by atomic mass is 9.84. The Bertz CT molecular complexity index is 159. The number of aldehydes is 1. The zero-order chi connectivity index (χ0) is 9.61. The van der Waals surface area contributed by atoms with Gasteiger partial charge in [0.05, 0.1) is 6.10 Å². The first-order chi connectivity index (χ1) is 5.54. The van der Waals surface area contributed by atoms with Crippen LogP contribution in [0.4, 0.5) is 0 Å². The maximum absolute atomic E-state index is 10.1. The van der Waals surface area contributed by atoms with Gasteiger partial charge >= 0.3 is 0 Å². The van der Waals surface area contributed by atoms with Gasteiger partial charge < -0.3 is 5.11 Å². The van der Waals surface area contributed by atoms with Gasteiger partial charge in [-0.2, -0.15) is 0 Å². The largest absolute Gasteiger partial charge is 0.392 e. The van der Waals surface area contributed by atoms with Gasteiger partial charge in [-0.15, -0.1) is 0 Å². The number of aliphatic hydroxyl groups is 1. The van der Waals surface area contributed by atoms with Crippen molar-refractivity contribution in [1.82, 2.24) is 0 Å². The second kappa shape index (κ2) is 5.09. The summed E-state index contributed by atoms with van der Waals surface area (Å²) >= 11 is 0. The van der Waals surface area contributed by atoms with Crippen LogP contribution in [0.25, 0.3) is 0 Å². The Balaban J connectivity index is 4.16.